The molecule has 0 radical (unpaired) electrons. The third-order valence-corrected chi connectivity index (χ3v) is 8.44. The Morgan fingerprint density at radius 2 is 2.06 bits per heavy atom. The normalized spacial score (nSPS) is 29.3. The molecule has 6 nitrogen and oxygen atoms in total. The van der Waals surface area contributed by atoms with Crippen LogP contribution in [0.3, 0.4) is 0 Å². The van der Waals surface area contributed by atoms with Gasteiger partial charge < -0.3 is 9.88 Å². The van der Waals surface area contributed by atoms with Crippen molar-refractivity contribution in [2.45, 2.75) is 69.9 Å². The van der Waals surface area contributed by atoms with E-state index in [0.717, 1.165) is 37.5 Å². The Bertz CT molecular complexity index is 1140. The summed E-state index contributed by atoms with van der Waals surface area (Å²) in [6.45, 7) is 3.28. The summed E-state index contributed by atoms with van der Waals surface area (Å²) in [5.41, 5.74) is 2.16. The molecule has 3 saturated heterocycles. The van der Waals surface area contributed by atoms with Crippen LogP contribution >= 0.6 is 0 Å². The third-order valence-electron chi connectivity index (χ3n) is 8.44. The highest BCUT2D eigenvalue weighted by atomic mass is 16.2. The Kier molecular flexibility index (Phi) is 5.57. The standard InChI is InChI=1S/C27H34N4O2/c32-25(12-5-11-24-28-22-9-2-1-8-21(22)27(33)29-24)31-14-6-7-18-15-19-16-20(26(18)31)17-30-13-4-3-10-23(19)30/h1-2,8-9,15,19-20,23,26H,3-7,10-14,16-17H2,(H,28,29,33)/t19-,20-,23-,26+/m0/s1. The average Bonchev–Trinajstić information content (AvgIpc) is 2.84. The minimum atomic E-state index is -0.0992. The van der Waals surface area contributed by atoms with Gasteiger partial charge in [-0.05, 0) is 69.0 Å². The van der Waals surface area contributed by atoms with E-state index >= 15 is 0 Å². The fourth-order valence-electron chi connectivity index (χ4n) is 7.06. The zero-order chi connectivity index (χ0) is 22.4. The van der Waals surface area contributed by atoms with E-state index in [9.17, 15) is 9.59 Å². The van der Waals surface area contributed by atoms with Crippen LogP contribution in [0.1, 0.15) is 57.2 Å². The third kappa shape index (κ3) is 3.92. The highest BCUT2D eigenvalue weighted by Crippen LogP contribution is 2.45. The molecule has 4 aliphatic rings. The Balaban J connectivity index is 1.14. The molecule has 6 rings (SSSR count). The highest BCUT2D eigenvalue weighted by Gasteiger charge is 2.46. The van der Waals surface area contributed by atoms with Gasteiger partial charge in [-0.2, -0.15) is 0 Å². The van der Waals surface area contributed by atoms with Gasteiger partial charge in [0.15, 0.2) is 0 Å². The van der Waals surface area contributed by atoms with Crippen LogP contribution < -0.4 is 5.56 Å². The number of hydrogen-bond donors (Lipinski definition) is 1. The highest BCUT2D eigenvalue weighted by molar-refractivity contribution is 5.78. The Hall–Kier alpha value is -2.47. The summed E-state index contributed by atoms with van der Waals surface area (Å²) in [5.74, 6) is 2.23. The van der Waals surface area contributed by atoms with E-state index in [4.69, 9.17) is 0 Å². The van der Waals surface area contributed by atoms with Gasteiger partial charge in [0.1, 0.15) is 5.82 Å². The molecular formula is C27H34N4O2. The first kappa shape index (κ1) is 21.1. The molecule has 3 fully saturated rings. The molecule has 1 amide bonds. The lowest BCUT2D eigenvalue weighted by atomic mass is 9.68. The Morgan fingerprint density at radius 3 is 3.00 bits per heavy atom. The molecular weight excluding hydrogens is 412 g/mol. The number of aromatic amines is 1. The van der Waals surface area contributed by atoms with E-state index in [2.05, 4.69) is 25.8 Å². The number of piperidine rings is 3. The van der Waals surface area contributed by atoms with E-state index in [0.29, 0.717) is 48.4 Å². The first-order chi connectivity index (χ1) is 16.2. The number of benzene rings is 1. The van der Waals surface area contributed by atoms with Crippen molar-refractivity contribution in [2.75, 3.05) is 19.6 Å². The number of amides is 1. The first-order valence-electron chi connectivity index (χ1n) is 12.9. The van der Waals surface area contributed by atoms with Gasteiger partial charge in [-0.1, -0.05) is 30.2 Å². The molecule has 1 N–H and O–H groups in total. The van der Waals surface area contributed by atoms with Gasteiger partial charge in [-0.15, -0.1) is 0 Å². The monoisotopic (exact) mass is 446 g/mol. The van der Waals surface area contributed by atoms with Crippen molar-refractivity contribution in [2.24, 2.45) is 11.8 Å². The van der Waals surface area contributed by atoms with Crippen molar-refractivity contribution in [1.82, 2.24) is 19.8 Å². The number of carbonyl (C=O) groups is 1. The lowest BCUT2D eigenvalue weighted by Gasteiger charge is -2.54. The maximum atomic E-state index is 13.4. The number of rotatable bonds is 4. The fraction of sp³-hybridized carbons (Fsp3) is 0.593. The minimum Gasteiger partial charge on any atom is -0.336 e. The van der Waals surface area contributed by atoms with Crippen LogP contribution in [0.15, 0.2) is 40.7 Å². The Morgan fingerprint density at radius 1 is 1.15 bits per heavy atom. The maximum Gasteiger partial charge on any atom is 0.258 e. The maximum absolute atomic E-state index is 13.4. The quantitative estimate of drug-likeness (QED) is 0.728. The SMILES string of the molecule is O=C(CCCc1nc2ccccc2c(=O)[nH]1)N1CCCC2=C[C@H]3C[C@@H](CN4CCCC[C@@H]34)[C@@H]21. The summed E-state index contributed by atoms with van der Waals surface area (Å²) in [4.78, 5) is 38.1. The van der Waals surface area contributed by atoms with Crippen LogP contribution in [0, 0.1) is 11.8 Å². The van der Waals surface area contributed by atoms with E-state index in [-0.39, 0.29) is 11.5 Å². The van der Waals surface area contributed by atoms with E-state index in [1.54, 1.807) is 11.6 Å². The van der Waals surface area contributed by atoms with E-state index < -0.39 is 0 Å². The van der Waals surface area contributed by atoms with Crippen molar-refractivity contribution >= 4 is 16.8 Å². The summed E-state index contributed by atoms with van der Waals surface area (Å²) in [5, 5.41) is 0.615. The number of H-pyrrole nitrogens is 1. The minimum absolute atomic E-state index is 0.0992. The molecule has 3 aliphatic heterocycles. The summed E-state index contributed by atoms with van der Waals surface area (Å²) in [6.07, 6.45) is 12.0. The van der Waals surface area contributed by atoms with Crippen LogP contribution in [-0.2, 0) is 11.2 Å². The van der Waals surface area contributed by atoms with Gasteiger partial charge in [0.2, 0.25) is 5.91 Å². The molecule has 6 heteroatoms. The smallest absolute Gasteiger partial charge is 0.258 e. The van der Waals surface area contributed by atoms with Crippen molar-refractivity contribution < 1.29 is 4.79 Å². The predicted molar refractivity (Wildman–Crippen MR) is 129 cm³/mol. The average molecular weight is 447 g/mol. The van der Waals surface area contributed by atoms with Gasteiger partial charge in [0.25, 0.3) is 5.56 Å². The van der Waals surface area contributed by atoms with Crippen LogP contribution in [-0.4, -0.2) is 57.4 Å². The number of hydrogen-bond acceptors (Lipinski definition) is 4. The van der Waals surface area contributed by atoms with Gasteiger partial charge in [-0.3, -0.25) is 14.5 Å². The van der Waals surface area contributed by atoms with Crippen LogP contribution in [0.2, 0.25) is 0 Å². The molecule has 4 heterocycles. The van der Waals surface area contributed by atoms with Crippen LogP contribution in [0.5, 0.6) is 0 Å². The number of aromatic nitrogens is 2. The van der Waals surface area contributed by atoms with Crippen LogP contribution in [0.25, 0.3) is 10.9 Å². The van der Waals surface area contributed by atoms with Crippen molar-refractivity contribution in [1.29, 1.82) is 0 Å². The lowest BCUT2D eigenvalue weighted by Crippen LogP contribution is -2.60. The summed E-state index contributed by atoms with van der Waals surface area (Å²) in [7, 11) is 0. The van der Waals surface area contributed by atoms with Gasteiger partial charge >= 0.3 is 0 Å². The van der Waals surface area contributed by atoms with Crippen LogP contribution in [0.4, 0.5) is 0 Å². The summed E-state index contributed by atoms with van der Waals surface area (Å²) < 4.78 is 0. The number of aryl methyl sites for hydroxylation is 1. The molecule has 4 atom stereocenters. The molecule has 1 aromatic heterocycles. The van der Waals surface area contributed by atoms with Crippen molar-refractivity contribution in [3.8, 4) is 0 Å². The summed E-state index contributed by atoms with van der Waals surface area (Å²) >= 11 is 0. The van der Waals surface area contributed by atoms with Gasteiger partial charge in [-0.25, -0.2) is 4.98 Å². The molecule has 174 valence electrons. The van der Waals surface area contributed by atoms with Crippen molar-refractivity contribution in [3.63, 3.8) is 0 Å². The molecule has 2 bridgehead atoms. The first-order valence-corrected chi connectivity index (χ1v) is 12.9. The number of nitrogens with zero attached hydrogens (tertiary/aromatic N) is 3. The predicted octanol–water partition coefficient (Wildman–Crippen LogP) is 3.67. The second kappa shape index (κ2) is 8.71. The fourth-order valence-corrected chi connectivity index (χ4v) is 7.06. The number of carbonyl (C=O) groups excluding carboxylic acids is 1. The number of nitrogens with one attached hydrogen (secondary N) is 1. The van der Waals surface area contributed by atoms with Gasteiger partial charge in [0.05, 0.1) is 16.9 Å². The van der Waals surface area contributed by atoms with E-state index in [1.165, 1.54) is 32.2 Å². The molecule has 1 aromatic carbocycles. The number of fused-ring (bicyclic) bond motifs is 7. The molecule has 33 heavy (non-hydrogen) atoms. The van der Waals surface area contributed by atoms with Crippen molar-refractivity contribution in [3.05, 3.63) is 52.1 Å². The molecule has 0 unspecified atom stereocenters. The Labute approximate surface area is 195 Å². The zero-order valence-electron chi connectivity index (χ0n) is 19.3. The summed E-state index contributed by atoms with van der Waals surface area (Å²) in [6, 6.07) is 8.46. The zero-order valence-corrected chi connectivity index (χ0v) is 19.3. The largest absolute Gasteiger partial charge is 0.336 e. The number of para-hydroxylation sites is 1. The molecule has 0 spiro atoms. The topological polar surface area (TPSA) is 69.3 Å². The molecule has 2 aromatic rings. The second-order valence-electron chi connectivity index (χ2n) is 10.5. The molecule has 1 aliphatic carbocycles. The second-order valence-corrected chi connectivity index (χ2v) is 10.5. The lowest BCUT2D eigenvalue weighted by molar-refractivity contribution is -0.136. The molecule has 0 saturated carbocycles. The number of likely N-dealkylation sites (tertiary alicyclic amines) is 1. The van der Waals surface area contributed by atoms with Gasteiger partial charge in [0, 0.05) is 32.0 Å². The van der Waals surface area contributed by atoms with E-state index in [1.807, 2.05) is 18.2 Å².